The predicted molar refractivity (Wildman–Crippen MR) is 81.7 cm³/mol. The second kappa shape index (κ2) is 5.75. The maximum Gasteiger partial charge on any atom is 0.256 e. The highest BCUT2D eigenvalue weighted by atomic mass is 35.5. The number of aliphatic hydroxyl groups is 1. The first-order valence-corrected chi connectivity index (χ1v) is 8.09. The number of hydrogen-bond donors (Lipinski definition) is 1. The highest BCUT2D eigenvalue weighted by molar-refractivity contribution is 6.34. The van der Waals surface area contributed by atoms with E-state index in [-0.39, 0.29) is 22.1 Å². The molecule has 21 heavy (non-hydrogen) atoms. The third kappa shape index (κ3) is 2.89. The van der Waals surface area contributed by atoms with Crippen LogP contribution >= 0.6 is 23.2 Å². The second-order valence-electron chi connectivity index (χ2n) is 6.02. The van der Waals surface area contributed by atoms with Gasteiger partial charge in [0.15, 0.2) is 0 Å². The monoisotopic (exact) mass is 328 g/mol. The summed E-state index contributed by atoms with van der Waals surface area (Å²) < 4.78 is 0. The van der Waals surface area contributed by atoms with Crippen molar-refractivity contribution in [3.8, 4) is 0 Å². The minimum absolute atomic E-state index is 0.128. The van der Waals surface area contributed by atoms with Crippen molar-refractivity contribution in [2.24, 2.45) is 5.92 Å². The van der Waals surface area contributed by atoms with Crippen molar-refractivity contribution in [2.45, 2.75) is 37.7 Å². The molecule has 1 N–H and O–H groups in total. The number of amides is 1. The summed E-state index contributed by atoms with van der Waals surface area (Å²) in [5, 5.41) is 11.1. The van der Waals surface area contributed by atoms with Crippen molar-refractivity contribution in [1.29, 1.82) is 0 Å². The van der Waals surface area contributed by atoms with E-state index < -0.39 is 5.60 Å². The molecule has 6 heteroatoms. The van der Waals surface area contributed by atoms with Gasteiger partial charge in [0.05, 0.1) is 11.2 Å². The molecular weight excluding hydrogens is 311 g/mol. The van der Waals surface area contributed by atoms with Crippen molar-refractivity contribution in [1.82, 2.24) is 9.88 Å². The molecule has 2 atom stereocenters. The number of hydrogen-bond acceptors (Lipinski definition) is 3. The summed E-state index contributed by atoms with van der Waals surface area (Å²) in [5.74, 6) is 0.0415. The minimum atomic E-state index is -0.586. The molecule has 2 fully saturated rings. The molecular formula is C15H18Cl2N2O2. The molecule has 0 spiro atoms. The molecule has 1 aliphatic heterocycles. The summed E-state index contributed by atoms with van der Waals surface area (Å²) >= 11 is 11.8. The number of nitrogens with zero attached hydrogens (tertiary/aromatic N) is 2. The summed E-state index contributed by atoms with van der Waals surface area (Å²) in [7, 11) is 0. The number of fused-ring (bicyclic) bond motifs is 1. The van der Waals surface area contributed by atoms with E-state index in [1.54, 1.807) is 17.0 Å². The number of carbonyl (C=O) groups excluding carboxylic acids is 1. The molecule has 1 aliphatic carbocycles. The Labute approximate surface area is 134 Å². The number of halogens is 2. The summed E-state index contributed by atoms with van der Waals surface area (Å²) in [6.45, 7) is 1.15. The third-order valence-electron chi connectivity index (χ3n) is 4.76. The Morgan fingerprint density at radius 1 is 1.33 bits per heavy atom. The molecule has 1 amide bonds. The Bertz CT molecular complexity index is 567. The van der Waals surface area contributed by atoms with Crippen molar-refractivity contribution >= 4 is 29.1 Å². The first-order chi connectivity index (χ1) is 9.99. The first-order valence-electron chi connectivity index (χ1n) is 7.33. The lowest BCUT2D eigenvalue weighted by Crippen LogP contribution is -2.54. The number of piperidine rings is 1. The van der Waals surface area contributed by atoms with Gasteiger partial charge in [-0.25, -0.2) is 4.98 Å². The minimum Gasteiger partial charge on any atom is -0.389 e. The molecule has 2 unspecified atom stereocenters. The second-order valence-corrected chi connectivity index (χ2v) is 6.77. The zero-order valence-electron chi connectivity index (χ0n) is 11.7. The van der Waals surface area contributed by atoms with Crippen molar-refractivity contribution in [2.75, 3.05) is 13.1 Å². The molecule has 2 heterocycles. The van der Waals surface area contributed by atoms with Crippen molar-refractivity contribution in [3.63, 3.8) is 0 Å². The summed E-state index contributed by atoms with van der Waals surface area (Å²) in [6.07, 6.45) is 4.67. The molecule has 2 aliphatic rings. The molecule has 4 nitrogen and oxygen atoms in total. The Hall–Kier alpha value is -0.840. The zero-order valence-corrected chi connectivity index (χ0v) is 13.2. The third-order valence-corrected chi connectivity index (χ3v) is 5.26. The van der Waals surface area contributed by atoms with E-state index in [9.17, 15) is 9.90 Å². The van der Waals surface area contributed by atoms with Gasteiger partial charge in [-0.2, -0.15) is 0 Å². The fourth-order valence-corrected chi connectivity index (χ4v) is 3.92. The normalized spacial score (nSPS) is 29.1. The summed E-state index contributed by atoms with van der Waals surface area (Å²) in [6, 6.07) is 3.18. The van der Waals surface area contributed by atoms with E-state index in [0.29, 0.717) is 25.1 Å². The number of rotatable bonds is 1. The van der Waals surface area contributed by atoms with Gasteiger partial charge < -0.3 is 10.0 Å². The van der Waals surface area contributed by atoms with Crippen LogP contribution in [0.2, 0.25) is 10.3 Å². The number of pyridine rings is 1. The van der Waals surface area contributed by atoms with E-state index in [4.69, 9.17) is 23.2 Å². The van der Waals surface area contributed by atoms with Gasteiger partial charge in [0.25, 0.3) is 5.91 Å². The standard InChI is InChI=1S/C15H18Cl2N2O2/c16-12-5-4-11(13(17)18-12)14(20)19-8-7-15(21)6-2-1-3-10(15)9-19/h4-5,10,21H,1-3,6-9H2. The lowest BCUT2D eigenvalue weighted by Gasteiger charge is -2.47. The van der Waals surface area contributed by atoms with Crippen LogP contribution in [0.15, 0.2) is 12.1 Å². The maximum absolute atomic E-state index is 12.6. The van der Waals surface area contributed by atoms with Gasteiger partial charge in [0.1, 0.15) is 10.3 Å². The van der Waals surface area contributed by atoms with Gasteiger partial charge in [0, 0.05) is 19.0 Å². The molecule has 3 rings (SSSR count). The van der Waals surface area contributed by atoms with Crippen molar-refractivity contribution in [3.05, 3.63) is 28.0 Å². The highest BCUT2D eigenvalue weighted by Gasteiger charge is 2.43. The quantitative estimate of drug-likeness (QED) is 0.805. The van der Waals surface area contributed by atoms with E-state index in [1.165, 1.54) is 0 Å². The van der Waals surface area contributed by atoms with E-state index in [2.05, 4.69) is 4.98 Å². The maximum atomic E-state index is 12.6. The zero-order chi connectivity index (χ0) is 15.0. The number of aromatic nitrogens is 1. The van der Waals surface area contributed by atoms with Gasteiger partial charge in [-0.15, -0.1) is 0 Å². The number of likely N-dealkylation sites (tertiary alicyclic amines) is 1. The highest BCUT2D eigenvalue weighted by Crippen LogP contribution is 2.40. The van der Waals surface area contributed by atoms with Crippen LogP contribution in [0, 0.1) is 5.92 Å². The lowest BCUT2D eigenvalue weighted by atomic mass is 9.71. The number of carbonyl (C=O) groups is 1. The van der Waals surface area contributed by atoms with Gasteiger partial charge in [-0.05, 0) is 31.4 Å². The van der Waals surface area contributed by atoms with E-state index >= 15 is 0 Å². The van der Waals surface area contributed by atoms with Crippen LogP contribution in [-0.4, -0.2) is 39.6 Å². The average molecular weight is 329 g/mol. The van der Waals surface area contributed by atoms with E-state index in [0.717, 1.165) is 25.7 Å². The van der Waals surface area contributed by atoms with Gasteiger partial charge in [-0.3, -0.25) is 4.79 Å². The van der Waals surface area contributed by atoms with E-state index in [1.807, 2.05) is 0 Å². The average Bonchev–Trinajstić information content (AvgIpc) is 2.45. The van der Waals surface area contributed by atoms with Gasteiger partial charge in [0.2, 0.25) is 0 Å². The SMILES string of the molecule is O=C(c1ccc(Cl)nc1Cl)N1CCC2(O)CCCCC2C1. The molecule has 0 bridgehead atoms. The predicted octanol–water partition coefficient (Wildman–Crippen LogP) is 3.16. The molecule has 1 saturated carbocycles. The summed E-state index contributed by atoms with van der Waals surface area (Å²) in [5.41, 5.74) is -0.209. The van der Waals surface area contributed by atoms with Crippen LogP contribution in [0.1, 0.15) is 42.5 Å². The van der Waals surface area contributed by atoms with Crippen LogP contribution in [0.5, 0.6) is 0 Å². The molecule has 1 aromatic heterocycles. The lowest BCUT2D eigenvalue weighted by molar-refractivity contribution is -0.0886. The largest absolute Gasteiger partial charge is 0.389 e. The van der Waals surface area contributed by atoms with Crippen LogP contribution in [0.4, 0.5) is 0 Å². The molecule has 1 aromatic rings. The molecule has 0 aromatic carbocycles. The van der Waals surface area contributed by atoms with Crippen LogP contribution in [0.25, 0.3) is 0 Å². The molecule has 114 valence electrons. The fourth-order valence-electron chi connectivity index (χ4n) is 3.50. The van der Waals surface area contributed by atoms with Crippen LogP contribution in [0.3, 0.4) is 0 Å². The smallest absolute Gasteiger partial charge is 0.256 e. The Morgan fingerprint density at radius 2 is 2.14 bits per heavy atom. The Morgan fingerprint density at radius 3 is 2.90 bits per heavy atom. The van der Waals surface area contributed by atoms with Crippen LogP contribution < -0.4 is 0 Å². The fraction of sp³-hybridized carbons (Fsp3) is 0.600. The topological polar surface area (TPSA) is 53.4 Å². The van der Waals surface area contributed by atoms with Crippen LogP contribution in [-0.2, 0) is 0 Å². The molecule has 1 saturated heterocycles. The Balaban J connectivity index is 1.77. The molecule has 0 radical (unpaired) electrons. The Kier molecular flexibility index (Phi) is 4.12. The van der Waals surface area contributed by atoms with Crippen molar-refractivity contribution < 1.29 is 9.90 Å². The first kappa shape index (κ1) is 15.1. The van der Waals surface area contributed by atoms with Gasteiger partial charge >= 0.3 is 0 Å². The van der Waals surface area contributed by atoms with Gasteiger partial charge in [-0.1, -0.05) is 36.0 Å². The summed E-state index contributed by atoms with van der Waals surface area (Å²) in [4.78, 5) is 18.3.